The van der Waals surface area contributed by atoms with Gasteiger partial charge in [0, 0.05) is 64.4 Å². The van der Waals surface area contributed by atoms with Gasteiger partial charge in [-0.1, -0.05) is 196 Å². The van der Waals surface area contributed by atoms with E-state index in [2.05, 4.69) is 175 Å². The van der Waals surface area contributed by atoms with Crippen LogP contribution in [0.25, 0.3) is 60.5 Å². The topological polar surface area (TPSA) is 0 Å². The second kappa shape index (κ2) is 25.6. The molecule has 0 saturated carbocycles. The summed E-state index contributed by atoms with van der Waals surface area (Å²) in [6.07, 6.45) is 0. The number of fused-ring (bicyclic) bond motifs is 10. The summed E-state index contributed by atoms with van der Waals surface area (Å²) in [5.41, 5.74) is 0. The van der Waals surface area contributed by atoms with Crippen LogP contribution in [-0.2, 0) is 0 Å². The van der Waals surface area contributed by atoms with Gasteiger partial charge in [0.05, 0.1) is 16.8 Å². The van der Waals surface area contributed by atoms with Gasteiger partial charge in [-0.25, -0.2) is 0 Å². The molecule has 0 nitrogen and oxygen atoms in total. The van der Waals surface area contributed by atoms with E-state index in [1.165, 1.54) is 87.8 Å². The summed E-state index contributed by atoms with van der Waals surface area (Å²) in [7, 11) is 0. The van der Waals surface area contributed by atoms with Gasteiger partial charge in [-0.2, -0.15) is 0 Å². The molecule has 13 rings (SSSR count). The van der Waals surface area contributed by atoms with E-state index in [0.29, 0.717) is 0 Å². The fourth-order valence-corrected chi connectivity index (χ4v) is 17.7. The number of thiol groups is 1. The van der Waals surface area contributed by atoms with Gasteiger partial charge in [0.2, 0.25) is 0 Å². The van der Waals surface area contributed by atoms with Gasteiger partial charge in [0.25, 0.3) is 0 Å². The van der Waals surface area contributed by atoms with Crippen molar-refractivity contribution in [2.45, 2.75) is 83.5 Å². The first kappa shape index (κ1) is 55.8. The van der Waals surface area contributed by atoms with Crippen molar-refractivity contribution in [3.63, 3.8) is 0 Å². The Hall–Kier alpha value is -3.52. The third kappa shape index (κ3) is 12.3. The van der Waals surface area contributed by atoms with E-state index >= 15 is 0 Å². The van der Waals surface area contributed by atoms with Gasteiger partial charge in [-0.05, 0) is 76.1 Å². The van der Waals surface area contributed by atoms with Crippen molar-refractivity contribution in [2.75, 3.05) is 0 Å². The third-order valence-corrected chi connectivity index (χ3v) is 20.4. The van der Waals surface area contributed by atoms with E-state index in [4.69, 9.17) is 0 Å². The molecule has 6 aromatic heterocycles. The normalized spacial score (nSPS) is 10.5. The molecule has 0 bridgehead atoms. The van der Waals surface area contributed by atoms with Crippen molar-refractivity contribution in [2.24, 2.45) is 0 Å². The molecule has 0 unspecified atom stereocenters. The lowest BCUT2D eigenvalue weighted by molar-refractivity contribution is 1.34. The van der Waals surface area contributed by atoms with Crippen LogP contribution in [0, 0.1) is 0 Å². The average molecular weight is 1040 g/mol. The van der Waals surface area contributed by atoms with Gasteiger partial charge >= 0.3 is 0 Å². The molecule has 0 amide bonds. The standard InChI is InChI=1S/C16H8S4.C16H10S3.C8H6S2.C8H6S.7CH4/c1-3-7-11-9(5-1)13-15(17-11)20-14-10-6-2-4-8-12(10)18-16(14)19-13;1-3-7-13-11(5-1)9-16(18-13)19-15-10-17-14-8-4-2-6-12(14)15;9-8-5-6-3-1-2-4-7(6)10-8;1-2-4-8-7(3-1)5-6-9-8;;;;;;;/h1-8H;1-10H;1-5,9H;1-6H;7*1H4. The first-order valence-corrected chi connectivity index (χ1v) is 26.2. The smallest absolute Gasteiger partial charge is 0.0799 e. The highest BCUT2D eigenvalue weighted by molar-refractivity contribution is 8.08. The van der Waals surface area contributed by atoms with Gasteiger partial charge in [-0.3, -0.25) is 0 Å². The Balaban J connectivity index is 0.000000233. The van der Waals surface area contributed by atoms with E-state index in [0.717, 1.165) is 4.21 Å². The SMILES string of the molecule is C.C.C.C.C.C.C.Sc1cc2ccccc2s1.c1ccc2c3c(sc2c1)Sc1c(sc2ccccc12)S3.c1ccc2sc(Sc3csc4ccccc34)cc2c1.c1ccc2sccc2c1. The summed E-state index contributed by atoms with van der Waals surface area (Å²) >= 11 is 21.1. The van der Waals surface area contributed by atoms with E-state index in [1.54, 1.807) is 22.7 Å². The van der Waals surface area contributed by atoms with Gasteiger partial charge in [-0.15, -0.1) is 80.6 Å². The van der Waals surface area contributed by atoms with E-state index < -0.39 is 0 Å². The highest BCUT2D eigenvalue weighted by atomic mass is 32.2. The number of hydrogen-bond acceptors (Lipinski definition) is 10. The molecule has 0 saturated heterocycles. The van der Waals surface area contributed by atoms with Gasteiger partial charge in [0.15, 0.2) is 0 Å². The van der Waals surface area contributed by atoms with Crippen LogP contribution in [0.1, 0.15) is 52.0 Å². The Bertz CT molecular complexity index is 3140. The molecular weight excluding hydrogens is 981 g/mol. The lowest BCUT2D eigenvalue weighted by atomic mass is 10.3. The summed E-state index contributed by atoms with van der Waals surface area (Å²) in [5, 5.41) is 12.6. The van der Waals surface area contributed by atoms with Crippen LogP contribution in [0.2, 0.25) is 0 Å². The van der Waals surface area contributed by atoms with Crippen molar-refractivity contribution in [3.05, 3.63) is 175 Å². The molecular formula is C55H58S10. The maximum absolute atomic E-state index is 4.26. The summed E-state index contributed by atoms with van der Waals surface area (Å²) in [4.78, 5) is 4.27. The number of rotatable bonds is 2. The van der Waals surface area contributed by atoms with Crippen LogP contribution in [0.15, 0.2) is 206 Å². The number of thiophene rings is 6. The van der Waals surface area contributed by atoms with Crippen LogP contribution in [0.4, 0.5) is 0 Å². The zero-order chi connectivity index (χ0) is 38.8. The van der Waals surface area contributed by atoms with Crippen molar-refractivity contribution in [1.29, 1.82) is 0 Å². The quantitative estimate of drug-likeness (QED) is 0.172. The molecule has 0 fully saturated rings. The molecule has 7 heterocycles. The van der Waals surface area contributed by atoms with Gasteiger partial charge in [0.1, 0.15) is 0 Å². The van der Waals surface area contributed by atoms with Crippen LogP contribution in [-0.4, -0.2) is 0 Å². The highest BCUT2D eigenvalue weighted by Gasteiger charge is 2.25. The minimum atomic E-state index is 0. The Kier molecular flexibility index (Phi) is 22.0. The summed E-state index contributed by atoms with van der Waals surface area (Å²) < 4.78 is 13.6. The van der Waals surface area contributed by atoms with Crippen LogP contribution in [0.3, 0.4) is 0 Å². The Morgan fingerprint density at radius 2 is 0.815 bits per heavy atom. The third-order valence-electron chi connectivity index (χ3n) is 9.26. The molecule has 6 aromatic carbocycles. The lowest BCUT2D eigenvalue weighted by Gasteiger charge is -2.10. The monoisotopic (exact) mass is 1040 g/mol. The van der Waals surface area contributed by atoms with E-state index in [1.807, 2.05) is 92.8 Å². The lowest BCUT2D eigenvalue weighted by Crippen LogP contribution is -1.80. The van der Waals surface area contributed by atoms with Crippen LogP contribution >= 0.6 is 116 Å². The number of benzene rings is 6. The Morgan fingerprint density at radius 3 is 1.35 bits per heavy atom. The first-order valence-electron chi connectivity index (χ1n) is 18.2. The molecule has 65 heavy (non-hydrogen) atoms. The van der Waals surface area contributed by atoms with E-state index in [-0.39, 0.29) is 52.0 Å². The summed E-state index contributed by atoms with van der Waals surface area (Å²) in [6.45, 7) is 0. The number of hydrogen-bond donors (Lipinski definition) is 1. The molecule has 0 aliphatic carbocycles. The molecule has 10 heteroatoms. The maximum Gasteiger partial charge on any atom is 0.0799 e. The minimum Gasteiger partial charge on any atom is -0.144 e. The largest absolute Gasteiger partial charge is 0.144 e. The fraction of sp³-hybridized carbons (Fsp3) is 0.127. The van der Waals surface area contributed by atoms with Crippen molar-refractivity contribution >= 4 is 176 Å². The molecule has 0 N–H and O–H groups in total. The predicted molar refractivity (Wildman–Crippen MR) is 318 cm³/mol. The molecule has 12 aromatic rings. The van der Waals surface area contributed by atoms with Crippen LogP contribution < -0.4 is 0 Å². The molecule has 0 spiro atoms. The van der Waals surface area contributed by atoms with Crippen LogP contribution in [0.5, 0.6) is 0 Å². The molecule has 338 valence electrons. The minimum absolute atomic E-state index is 0. The Morgan fingerprint density at radius 1 is 0.369 bits per heavy atom. The van der Waals surface area contributed by atoms with Gasteiger partial charge < -0.3 is 0 Å². The zero-order valence-electron chi connectivity index (χ0n) is 30.4. The maximum atomic E-state index is 4.26. The highest BCUT2D eigenvalue weighted by Crippen LogP contribution is 2.59. The first-order chi connectivity index (χ1) is 28.6. The average Bonchev–Trinajstić information content (AvgIpc) is 4.13. The summed E-state index contributed by atoms with van der Waals surface area (Å²) in [6, 6.07) is 57.9. The second-order valence-electron chi connectivity index (χ2n) is 13.0. The van der Waals surface area contributed by atoms with Crippen molar-refractivity contribution in [1.82, 2.24) is 0 Å². The van der Waals surface area contributed by atoms with E-state index in [9.17, 15) is 0 Å². The summed E-state index contributed by atoms with van der Waals surface area (Å²) in [5.74, 6) is 0. The zero-order valence-corrected chi connectivity index (χ0v) is 38.6. The second-order valence-corrected chi connectivity index (χ2v) is 23.8. The molecule has 1 aliphatic rings. The predicted octanol–water partition coefficient (Wildman–Crippen LogP) is 23.5. The van der Waals surface area contributed by atoms with Crippen molar-refractivity contribution < 1.29 is 0 Å². The van der Waals surface area contributed by atoms with Crippen molar-refractivity contribution in [3.8, 4) is 0 Å². The fourth-order valence-electron chi connectivity index (χ4n) is 6.53. The Labute approximate surface area is 430 Å². The molecule has 0 atom stereocenters. The molecule has 0 radical (unpaired) electrons. The molecule has 1 aliphatic heterocycles.